The summed E-state index contributed by atoms with van der Waals surface area (Å²) in [5.41, 5.74) is 7.95. The lowest BCUT2D eigenvalue weighted by Crippen LogP contribution is -2.19. The molecule has 0 aliphatic rings. The van der Waals surface area contributed by atoms with E-state index in [1.165, 1.54) is 148 Å². The van der Waals surface area contributed by atoms with Gasteiger partial charge in [-0.25, -0.2) is 0 Å². The fourth-order valence-corrected chi connectivity index (χ4v) is 15.0. The third-order valence-corrected chi connectivity index (χ3v) is 18.7. The molecule has 4 heteroatoms. The van der Waals surface area contributed by atoms with Gasteiger partial charge in [-0.2, -0.15) is 0 Å². The molecule has 0 radical (unpaired) electrons. The third-order valence-electron chi connectivity index (χ3n) is 11.2. The third kappa shape index (κ3) is 14.1. The quantitative estimate of drug-likeness (QED) is 0.0438. The maximum Gasteiger partial charge on any atom is 0.120 e. The molecule has 4 aromatic carbocycles. The summed E-state index contributed by atoms with van der Waals surface area (Å²) in [6.45, 7) is 13.5. The maximum atomic E-state index is 2.72. The van der Waals surface area contributed by atoms with Crippen molar-refractivity contribution in [2.24, 2.45) is 0 Å². The normalized spacial score (nSPS) is 12.1. The lowest BCUT2D eigenvalue weighted by molar-refractivity contribution is 0.586. The van der Waals surface area contributed by atoms with Gasteiger partial charge in [-0.15, -0.1) is 22.8 Å². The molecule has 0 fully saturated rings. The highest BCUT2D eigenvalue weighted by Gasteiger charge is 2.27. The van der Waals surface area contributed by atoms with Gasteiger partial charge in [0.1, 0.15) is 6.48 Å². The zero-order chi connectivity index (χ0) is 38.5. The molecular formula is C50H72NPS2. The summed E-state index contributed by atoms with van der Waals surface area (Å²) < 4.78 is 2.72. The molecular weight excluding hydrogens is 710 g/mol. The van der Waals surface area contributed by atoms with Crippen molar-refractivity contribution >= 4 is 40.6 Å². The van der Waals surface area contributed by atoms with E-state index in [4.69, 9.17) is 0 Å². The van der Waals surface area contributed by atoms with Gasteiger partial charge < -0.3 is 4.67 Å². The van der Waals surface area contributed by atoms with Crippen molar-refractivity contribution in [3.8, 4) is 0 Å². The maximum absolute atomic E-state index is 2.72. The topological polar surface area (TPSA) is 3.24 Å². The molecule has 294 valence electrons. The lowest BCUT2D eigenvalue weighted by atomic mass is 9.78. The van der Waals surface area contributed by atoms with Crippen molar-refractivity contribution in [3.05, 3.63) is 131 Å². The first-order valence-electron chi connectivity index (χ1n) is 21.5. The van der Waals surface area contributed by atoms with E-state index in [0.717, 1.165) is 0 Å². The molecule has 0 aliphatic carbocycles. The average Bonchev–Trinajstić information content (AvgIpc) is 3.20. The molecule has 0 atom stereocenters. The Morgan fingerprint density at radius 2 is 0.685 bits per heavy atom. The average molecular weight is 782 g/mol. The molecule has 0 unspecified atom stereocenters. The highest BCUT2D eigenvalue weighted by molar-refractivity contribution is 8.88. The second kappa shape index (κ2) is 24.4. The van der Waals surface area contributed by atoms with E-state index in [0.29, 0.717) is 0 Å². The molecule has 0 spiro atoms. The second-order valence-electron chi connectivity index (χ2n) is 16.2. The number of anilines is 2. The van der Waals surface area contributed by atoms with E-state index >= 15 is 0 Å². The van der Waals surface area contributed by atoms with Crippen molar-refractivity contribution in [3.63, 3.8) is 0 Å². The van der Waals surface area contributed by atoms with Crippen LogP contribution in [-0.4, -0.2) is 11.5 Å². The summed E-state index contributed by atoms with van der Waals surface area (Å²) >= 11 is 4.47. The van der Waals surface area contributed by atoms with Gasteiger partial charge in [-0.1, -0.05) is 216 Å². The Morgan fingerprint density at radius 3 is 1.02 bits per heavy atom. The fraction of sp³-hybridized carbons (Fsp3) is 0.520. The van der Waals surface area contributed by atoms with Gasteiger partial charge in [-0.3, -0.25) is 0 Å². The molecule has 4 aromatic rings. The molecule has 0 saturated carbocycles. The first-order valence-corrected chi connectivity index (χ1v) is 25.9. The first-order chi connectivity index (χ1) is 26.3. The molecule has 0 aliphatic heterocycles. The number of hydrogen-bond acceptors (Lipinski definition) is 3. The van der Waals surface area contributed by atoms with Crippen LogP contribution in [-0.2, 0) is 10.8 Å². The summed E-state index contributed by atoms with van der Waals surface area (Å²) in [5, 5.41) is 0. The van der Waals surface area contributed by atoms with E-state index in [1.54, 1.807) is 0 Å². The molecule has 1 nitrogen and oxygen atoms in total. The van der Waals surface area contributed by atoms with Gasteiger partial charge in [0.2, 0.25) is 0 Å². The zero-order valence-electron chi connectivity index (χ0n) is 34.8. The smallest absolute Gasteiger partial charge is 0.120 e. The summed E-state index contributed by atoms with van der Waals surface area (Å²) in [5.74, 6) is 2.47. The van der Waals surface area contributed by atoms with Crippen LogP contribution in [0.1, 0.15) is 167 Å². The molecule has 0 heterocycles. The largest absolute Gasteiger partial charge is 0.303 e. The standard InChI is InChI=1S/C50H72NPS2/c1-7-9-11-13-15-17-19-27-41-53-52(54-42-28-20-18-16-14-12-10-8-2)51(47-37-33-45(34-38-47)49(3,4)43-29-23-21-24-30-43)48-39-35-46(36-40-48)50(5,6)44-31-25-22-26-32-44/h21-26,29-40H,7-20,27-28,41-42H2,1-6H3. The zero-order valence-corrected chi connectivity index (χ0v) is 37.4. The Kier molecular flexibility index (Phi) is 20.2. The number of unbranched alkanes of at least 4 members (excludes halogenated alkanes) is 14. The number of nitrogens with zero attached hydrogens (tertiary/aromatic N) is 1. The summed E-state index contributed by atoms with van der Waals surface area (Å²) in [4.78, 5) is 0. The monoisotopic (exact) mass is 781 g/mol. The molecule has 54 heavy (non-hydrogen) atoms. The van der Waals surface area contributed by atoms with Crippen LogP contribution in [0.3, 0.4) is 0 Å². The molecule has 4 rings (SSSR count). The van der Waals surface area contributed by atoms with Crippen molar-refractivity contribution in [2.45, 2.75) is 155 Å². The molecule has 0 saturated heterocycles. The SMILES string of the molecule is CCCCCCCCCCSP(SCCCCCCCCCC)N(c1ccc(C(C)(C)c2ccccc2)cc1)c1ccc(C(C)(C)c2ccccc2)cc1. The molecule has 0 bridgehead atoms. The Bertz CT molecular complexity index is 1420. The first kappa shape index (κ1) is 44.5. The van der Waals surface area contributed by atoms with Crippen LogP contribution in [0, 0.1) is 0 Å². The van der Waals surface area contributed by atoms with E-state index < -0.39 is 6.48 Å². The van der Waals surface area contributed by atoms with Crippen LogP contribution in [0.2, 0.25) is 0 Å². The Labute approximate surface area is 341 Å². The van der Waals surface area contributed by atoms with Crippen LogP contribution in [0.25, 0.3) is 0 Å². The fourth-order valence-electron chi connectivity index (χ4n) is 7.33. The van der Waals surface area contributed by atoms with Crippen molar-refractivity contribution in [2.75, 3.05) is 16.2 Å². The van der Waals surface area contributed by atoms with Crippen LogP contribution in [0.4, 0.5) is 11.4 Å². The summed E-state index contributed by atoms with van der Waals surface area (Å²) in [7, 11) is 0. The highest BCUT2D eigenvalue weighted by atomic mass is 33.1. The van der Waals surface area contributed by atoms with Gasteiger partial charge >= 0.3 is 0 Å². The Hall–Kier alpha value is -2.19. The van der Waals surface area contributed by atoms with Gasteiger partial charge in [0.25, 0.3) is 0 Å². The number of benzene rings is 4. The van der Waals surface area contributed by atoms with Crippen molar-refractivity contribution in [1.29, 1.82) is 0 Å². The Morgan fingerprint density at radius 1 is 0.389 bits per heavy atom. The van der Waals surface area contributed by atoms with Crippen LogP contribution in [0.5, 0.6) is 0 Å². The predicted molar refractivity (Wildman–Crippen MR) is 249 cm³/mol. The number of hydrogen-bond donors (Lipinski definition) is 0. The van der Waals surface area contributed by atoms with E-state index in [2.05, 4.69) is 178 Å². The van der Waals surface area contributed by atoms with Crippen molar-refractivity contribution in [1.82, 2.24) is 0 Å². The van der Waals surface area contributed by atoms with Gasteiger partial charge in [0.05, 0.1) is 0 Å². The van der Waals surface area contributed by atoms with Crippen LogP contribution < -0.4 is 4.67 Å². The summed E-state index contributed by atoms with van der Waals surface area (Å²) in [6, 6.07) is 41.1. The van der Waals surface area contributed by atoms with E-state index in [-0.39, 0.29) is 10.8 Å². The van der Waals surface area contributed by atoms with Gasteiger partial charge in [0.15, 0.2) is 0 Å². The highest BCUT2D eigenvalue weighted by Crippen LogP contribution is 2.67. The molecule has 0 amide bonds. The summed E-state index contributed by atoms with van der Waals surface area (Å²) in [6.07, 6.45) is 22.0. The minimum Gasteiger partial charge on any atom is -0.303 e. The predicted octanol–water partition coefficient (Wildman–Crippen LogP) is 17.5. The Balaban J connectivity index is 1.58. The number of rotatable bonds is 27. The second-order valence-corrected chi connectivity index (χ2v) is 22.8. The van der Waals surface area contributed by atoms with E-state index in [1.807, 2.05) is 0 Å². The lowest BCUT2D eigenvalue weighted by Gasteiger charge is -2.34. The van der Waals surface area contributed by atoms with Crippen LogP contribution in [0.15, 0.2) is 109 Å². The van der Waals surface area contributed by atoms with E-state index in [9.17, 15) is 0 Å². The van der Waals surface area contributed by atoms with Crippen molar-refractivity contribution < 1.29 is 0 Å². The minimum atomic E-state index is -0.538. The van der Waals surface area contributed by atoms with Crippen LogP contribution >= 0.6 is 29.2 Å². The van der Waals surface area contributed by atoms with Gasteiger partial charge in [-0.05, 0) is 70.9 Å². The molecule has 0 N–H and O–H groups in total. The molecule has 0 aromatic heterocycles. The minimum absolute atomic E-state index is 0.0589. The van der Waals surface area contributed by atoms with Gasteiger partial charge in [0, 0.05) is 22.2 Å².